The molecule has 0 bridgehead atoms. The summed E-state index contributed by atoms with van der Waals surface area (Å²) >= 11 is 0. The molecule has 152 valence electrons. The van der Waals surface area contributed by atoms with Crippen LogP contribution in [0.25, 0.3) is 5.88 Å². The van der Waals surface area contributed by atoms with Gasteiger partial charge in [-0.25, -0.2) is 4.99 Å². The molecule has 1 aromatic carbocycles. The van der Waals surface area contributed by atoms with Crippen LogP contribution in [-0.4, -0.2) is 45.0 Å². The van der Waals surface area contributed by atoms with Crippen molar-refractivity contribution in [3.8, 4) is 6.07 Å². The number of aliphatic hydroxyl groups is 1. The molecule has 3 heterocycles. The van der Waals surface area contributed by atoms with E-state index in [2.05, 4.69) is 20.3 Å². The number of aromatic nitrogens is 4. The lowest BCUT2D eigenvalue weighted by atomic mass is 9.82. The molecule has 30 heavy (non-hydrogen) atoms. The number of aliphatic imine (C=N–C) groups is 1. The number of hydrogen-bond acceptors (Lipinski definition) is 8. The second kappa shape index (κ2) is 6.97. The lowest BCUT2D eigenvalue weighted by Gasteiger charge is -2.26. The Bertz CT molecular complexity index is 1220. The maximum atomic E-state index is 11.1. The first-order valence-electron chi connectivity index (χ1n) is 9.17. The number of nitrogen functional groups attached to an aromatic ring is 1. The average molecular weight is 403 g/mol. The van der Waals surface area contributed by atoms with Crippen LogP contribution >= 0.6 is 0 Å². The van der Waals surface area contributed by atoms with Crippen LogP contribution in [0.1, 0.15) is 28.3 Å². The van der Waals surface area contributed by atoms with E-state index in [0.29, 0.717) is 11.4 Å². The van der Waals surface area contributed by atoms with E-state index in [0.717, 1.165) is 27.2 Å². The molecular formula is C20H21N9O. The minimum absolute atomic E-state index is 0.0201. The van der Waals surface area contributed by atoms with Crippen LogP contribution in [0.2, 0.25) is 0 Å². The number of aryl methyl sites for hydroxylation is 1. The number of nitrogens with zero attached hydrogens (tertiary/aromatic N) is 6. The highest BCUT2D eigenvalue weighted by Crippen LogP contribution is 2.43. The summed E-state index contributed by atoms with van der Waals surface area (Å²) in [7, 11) is 3.92. The maximum absolute atomic E-state index is 11.1. The minimum Gasteiger partial charge on any atom is -0.493 e. The number of rotatable bonds is 3. The highest BCUT2D eigenvalue weighted by molar-refractivity contribution is 6.06. The molecule has 4 rings (SSSR count). The van der Waals surface area contributed by atoms with Gasteiger partial charge in [0.05, 0.1) is 11.8 Å². The molecule has 10 nitrogen and oxygen atoms in total. The molecule has 1 atom stereocenters. The van der Waals surface area contributed by atoms with Crippen molar-refractivity contribution in [1.82, 2.24) is 20.0 Å². The Kier molecular flexibility index (Phi) is 4.43. The number of hydrogen-bond donors (Lipinski definition) is 4. The Morgan fingerprint density at radius 3 is 2.57 bits per heavy atom. The van der Waals surface area contributed by atoms with Crippen LogP contribution in [0.5, 0.6) is 0 Å². The summed E-state index contributed by atoms with van der Waals surface area (Å²) in [6.07, 6.45) is 1.29. The van der Waals surface area contributed by atoms with E-state index in [-0.39, 0.29) is 23.1 Å². The summed E-state index contributed by atoms with van der Waals surface area (Å²) in [6, 6.07) is 9.84. The molecule has 0 amide bonds. The second-order valence-electron chi connectivity index (χ2n) is 7.21. The number of H-pyrrole nitrogens is 1. The van der Waals surface area contributed by atoms with Crippen molar-refractivity contribution in [2.75, 3.05) is 24.7 Å². The number of nitrogens with two attached hydrogens (primary N) is 2. The molecule has 0 aliphatic carbocycles. The number of amidine groups is 1. The molecule has 6 N–H and O–H groups in total. The third kappa shape index (κ3) is 2.84. The first-order chi connectivity index (χ1) is 14.3. The zero-order valence-electron chi connectivity index (χ0n) is 16.7. The van der Waals surface area contributed by atoms with E-state index in [4.69, 9.17) is 16.7 Å². The van der Waals surface area contributed by atoms with Gasteiger partial charge in [-0.2, -0.15) is 20.1 Å². The number of nitrogens with one attached hydrogen (secondary N) is 1. The number of nitriles is 1. The van der Waals surface area contributed by atoms with Crippen LogP contribution in [-0.2, 0) is 0 Å². The van der Waals surface area contributed by atoms with Gasteiger partial charge >= 0.3 is 0 Å². The van der Waals surface area contributed by atoms with Gasteiger partial charge in [-0.1, -0.05) is 12.1 Å². The predicted molar refractivity (Wildman–Crippen MR) is 114 cm³/mol. The molecule has 1 aliphatic heterocycles. The van der Waals surface area contributed by atoms with Gasteiger partial charge in [0.25, 0.3) is 0 Å². The minimum atomic E-state index is -0.457. The highest BCUT2D eigenvalue weighted by Gasteiger charge is 2.35. The van der Waals surface area contributed by atoms with E-state index in [1.807, 2.05) is 56.3 Å². The van der Waals surface area contributed by atoms with Gasteiger partial charge in [-0.3, -0.25) is 5.10 Å². The largest absolute Gasteiger partial charge is 0.493 e. The molecule has 0 spiro atoms. The van der Waals surface area contributed by atoms with Crippen LogP contribution in [0.15, 0.2) is 41.0 Å². The van der Waals surface area contributed by atoms with Crippen molar-refractivity contribution in [2.24, 2.45) is 10.7 Å². The van der Waals surface area contributed by atoms with E-state index in [9.17, 15) is 5.11 Å². The van der Waals surface area contributed by atoms with Gasteiger partial charge in [0.1, 0.15) is 23.3 Å². The number of fused-ring (bicyclic) bond motifs is 1. The van der Waals surface area contributed by atoms with Gasteiger partial charge in [-0.15, -0.1) is 0 Å². The van der Waals surface area contributed by atoms with E-state index < -0.39 is 5.92 Å². The molecule has 10 heteroatoms. The Labute approximate surface area is 172 Å². The van der Waals surface area contributed by atoms with Crippen molar-refractivity contribution >= 4 is 29.0 Å². The smallest absolute Gasteiger partial charge is 0.221 e. The molecular weight excluding hydrogens is 382 g/mol. The number of benzene rings is 1. The summed E-state index contributed by atoms with van der Waals surface area (Å²) in [6.45, 7) is 1.88. The van der Waals surface area contributed by atoms with Crippen molar-refractivity contribution in [3.05, 3.63) is 58.4 Å². The summed E-state index contributed by atoms with van der Waals surface area (Å²) in [5, 5.41) is 31.5. The third-order valence-electron chi connectivity index (χ3n) is 5.17. The SMILES string of the molecule is Cc1[nH]nc2c1C(c1ccc(N(C)C)cc1)C(=C(O)n1ncc(C#N)c1N)C(N)=N2. The third-order valence-corrected chi connectivity index (χ3v) is 5.17. The molecule has 2 aromatic heterocycles. The summed E-state index contributed by atoms with van der Waals surface area (Å²) < 4.78 is 1.10. The van der Waals surface area contributed by atoms with Crippen LogP contribution in [0, 0.1) is 18.3 Å². The van der Waals surface area contributed by atoms with E-state index >= 15 is 0 Å². The van der Waals surface area contributed by atoms with E-state index in [1.54, 1.807) is 0 Å². The zero-order valence-corrected chi connectivity index (χ0v) is 16.7. The Balaban J connectivity index is 1.96. The average Bonchev–Trinajstić information content (AvgIpc) is 3.28. The first-order valence-corrected chi connectivity index (χ1v) is 9.17. The molecule has 0 radical (unpaired) electrons. The standard InChI is InChI=1S/C20H21N9O/c1-10-14-15(11-4-6-13(7-5-11)28(2)3)16(17(22)25-19(14)27-26-10)20(30)29-18(23)12(8-21)9-24-29/h4-7,9,15,30H,23H2,1-3H3,(H3,22,25,26,27). The van der Waals surface area contributed by atoms with Crippen LogP contribution in [0.3, 0.4) is 0 Å². The Morgan fingerprint density at radius 2 is 1.97 bits per heavy atom. The van der Waals surface area contributed by atoms with Gasteiger partial charge in [0.2, 0.25) is 5.88 Å². The second-order valence-corrected chi connectivity index (χ2v) is 7.21. The Morgan fingerprint density at radius 1 is 1.27 bits per heavy atom. The molecule has 1 aliphatic rings. The highest BCUT2D eigenvalue weighted by atomic mass is 16.3. The number of anilines is 2. The number of aliphatic hydroxyl groups excluding tert-OH is 1. The molecule has 1 unspecified atom stereocenters. The van der Waals surface area contributed by atoms with Crippen molar-refractivity contribution in [3.63, 3.8) is 0 Å². The summed E-state index contributed by atoms with van der Waals surface area (Å²) in [5.41, 5.74) is 16.3. The van der Waals surface area contributed by atoms with Gasteiger partial charge < -0.3 is 21.5 Å². The molecule has 0 saturated carbocycles. The molecule has 0 saturated heterocycles. The first kappa shape index (κ1) is 19.1. The number of aromatic amines is 1. The van der Waals surface area contributed by atoms with Crippen molar-refractivity contribution in [1.29, 1.82) is 5.26 Å². The van der Waals surface area contributed by atoms with Crippen LogP contribution in [0.4, 0.5) is 17.3 Å². The quantitative estimate of drug-likeness (QED) is 0.487. The molecule has 0 fully saturated rings. The van der Waals surface area contributed by atoms with Crippen molar-refractivity contribution < 1.29 is 5.11 Å². The fourth-order valence-electron chi connectivity index (χ4n) is 3.59. The maximum Gasteiger partial charge on any atom is 0.221 e. The fraction of sp³-hybridized carbons (Fsp3) is 0.200. The van der Waals surface area contributed by atoms with Crippen LogP contribution < -0.4 is 16.4 Å². The van der Waals surface area contributed by atoms with Gasteiger partial charge in [-0.05, 0) is 24.6 Å². The normalized spacial score (nSPS) is 17.1. The van der Waals surface area contributed by atoms with Crippen molar-refractivity contribution in [2.45, 2.75) is 12.8 Å². The predicted octanol–water partition coefficient (Wildman–Crippen LogP) is 2.00. The summed E-state index contributed by atoms with van der Waals surface area (Å²) in [5.74, 6) is -0.160. The molecule has 3 aromatic rings. The fourth-order valence-corrected chi connectivity index (χ4v) is 3.59. The Hall–Kier alpha value is -4.26. The van der Waals surface area contributed by atoms with E-state index in [1.165, 1.54) is 6.20 Å². The lowest BCUT2D eigenvalue weighted by molar-refractivity contribution is 0.453. The van der Waals surface area contributed by atoms with Gasteiger partial charge in [0.15, 0.2) is 5.82 Å². The lowest BCUT2D eigenvalue weighted by Crippen LogP contribution is -2.27. The monoisotopic (exact) mass is 403 g/mol. The zero-order chi connectivity index (χ0) is 21.6. The summed E-state index contributed by atoms with van der Waals surface area (Å²) in [4.78, 5) is 6.35. The topological polar surface area (TPSA) is 158 Å². The van der Waals surface area contributed by atoms with Gasteiger partial charge in [0, 0.05) is 37.0 Å².